The average Bonchev–Trinajstić information content (AvgIpc) is 0.929. The Kier molecular flexibility index (Phi) is 72.4. The highest BCUT2D eigenvalue weighted by atomic mass is 31.2. The Morgan fingerprint density at radius 3 is 0.875 bits per heavy atom. The molecule has 0 aromatic rings. The maximum Gasteiger partial charge on any atom is 0.472 e. The number of aliphatic hydroxyl groups is 1. The van der Waals surface area contributed by atoms with Crippen molar-refractivity contribution >= 4 is 39.5 Å². The molecular formula is C85H142O17P2. The van der Waals surface area contributed by atoms with Crippen LogP contribution in [0.1, 0.15) is 310 Å². The Morgan fingerprint density at radius 2 is 0.529 bits per heavy atom. The molecule has 17 nitrogen and oxygen atoms in total. The molecule has 0 fully saturated rings. The van der Waals surface area contributed by atoms with E-state index in [1.165, 1.54) is 77.0 Å². The Bertz CT molecular complexity index is 2540. The molecule has 0 rings (SSSR count). The molecule has 0 saturated heterocycles. The van der Waals surface area contributed by atoms with Crippen LogP contribution in [-0.4, -0.2) is 96.7 Å². The van der Waals surface area contributed by atoms with Crippen LogP contribution in [0.2, 0.25) is 0 Å². The normalized spacial score (nSPS) is 14.6. The van der Waals surface area contributed by atoms with Crippen LogP contribution >= 0.6 is 15.6 Å². The highest BCUT2D eigenvalue weighted by Crippen LogP contribution is 2.45. The van der Waals surface area contributed by atoms with Crippen molar-refractivity contribution in [1.82, 2.24) is 0 Å². The average molecular weight is 1500 g/mol. The van der Waals surface area contributed by atoms with Crippen LogP contribution < -0.4 is 0 Å². The second-order valence-corrected chi connectivity index (χ2v) is 29.2. The Labute approximate surface area is 630 Å². The number of allylic oxidation sites excluding steroid dienone is 24. The van der Waals surface area contributed by atoms with Crippen LogP contribution in [0, 0.1) is 0 Å². The molecule has 0 radical (unpaired) electrons. The van der Waals surface area contributed by atoms with Crippen LogP contribution in [0.3, 0.4) is 0 Å². The number of ether oxygens (including phenoxy) is 4. The highest BCUT2D eigenvalue weighted by molar-refractivity contribution is 7.47. The van der Waals surface area contributed by atoms with E-state index >= 15 is 0 Å². The summed E-state index contributed by atoms with van der Waals surface area (Å²) in [4.78, 5) is 72.9. The van der Waals surface area contributed by atoms with Gasteiger partial charge in [0.25, 0.3) is 0 Å². The molecule has 594 valence electrons. The predicted octanol–water partition coefficient (Wildman–Crippen LogP) is 23.4. The maximum absolute atomic E-state index is 13.1. The standard InChI is InChI=1S/C85H142O17P2/c1-5-9-13-17-21-25-29-32-35-37-39-41-44-46-50-53-57-61-65-69-82(87)95-75-80(101-84(89)71-67-63-59-55-49-28-24-20-16-12-8-4)77-99-103(91,92)97-73-79(86)74-98-104(93,94)100-78-81(102-85(90)72-68-64-60-56-52-48-43-34-31-27-23-19-15-11-7-3)76-96-83(88)70-66-62-58-54-51-47-45-42-40-38-36-33-30-26-22-18-14-10-6-2/h9-10,13-14,20-22,24-26,32-33,35-36,39-42,46-47,50-51,58,62,79-81,86H,5-8,11-12,15-19,23,27-31,34,37-38,43-45,48-49,52-57,59-61,63-78H2,1-4H3,(H,91,92)(H,93,94)/b13-9-,14-10-,24-20-,25-21-,26-22-,35-32-,36-33-,41-39-,42-40-,50-46-,51-47-,62-58-. The van der Waals surface area contributed by atoms with E-state index in [2.05, 4.69) is 155 Å². The number of phosphoric ester groups is 2. The summed E-state index contributed by atoms with van der Waals surface area (Å²) in [6, 6.07) is 0. The molecule has 0 heterocycles. The van der Waals surface area contributed by atoms with Crippen LogP contribution in [0.15, 0.2) is 146 Å². The zero-order chi connectivity index (χ0) is 76.0. The fraction of sp³-hybridized carbons (Fsp3) is 0.671. The van der Waals surface area contributed by atoms with E-state index in [-0.39, 0.29) is 25.7 Å². The lowest BCUT2D eigenvalue weighted by Crippen LogP contribution is -2.30. The molecular weight excluding hydrogens is 1350 g/mol. The SMILES string of the molecule is CC/C=C\C/C=C\C/C=C\C/C=C\C/C=C\C/C=C\CCC(=O)OCC(COP(=O)(O)OCC(O)COP(=O)(O)OCC(COC(=O)CCCCC/C=C\C/C=C\C/C=C\C/C=C\C/C=C\CC)OC(=O)CCCCCCC/C=C\CCCC)OC(=O)CCCCCCCCCCCCCCCCC. The minimum Gasteiger partial charge on any atom is -0.462 e. The molecule has 5 atom stereocenters. The van der Waals surface area contributed by atoms with Crippen molar-refractivity contribution in [2.24, 2.45) is 0 Å². The third kappa shape index (κ3) is 75.2. The summed E-state index contributed by atoms with van der Waals surface area (Å²) < 4.78 is 68.5. The first-order chi connectivity index (χ1) is 50.7. The van der Waals surface area contributed by atoms with Crippen molar-refractivity contribution in [2.45, 2.75) is 329 Å². The summed E-state index contributed by atoms with van der Waals surface area (Å²) in [6.45, 7) is 4.49. The van der Waals surface area contributed by atoms with Gasteiger partial charge >= 0.3 is 39.5 Å². The lowest BCUT2D eigenvalue weighted by Gasteiger charge is -2.21. The minimum absolute atomic E-state index is 0.0342. The first-order valence-electron chi connectivity index (χ1n) is 40.1. The number of esters is 4. The van der Waals surface area contributed by atoms with Crippen LogP contribution in [0.4, 0.5) is 0 Å². The van der Waals surface area contributed by atoms with Gasteiger partial charge in [0.05, 0.1) is 26.4 Å². The number of rotatable bonds is 74. The van der Waals surface area contributed by atoms with Crippen molar-refractivity contribution in [2.75, 3.05) is 39.6 Å². The Balaban J connectivity index is 5.41. The summed E-state index contributed by atoms with van der Waals surface area (Å²) in [5.74, 6) is -2.32. The molecule has 5 unspecified atom stereocenters. The van der Waals surface area contributed by atoms with Gasteiger partial charge in [-0.1, -0.05) is 302 Å². The van der Waals surface area contributed by atoms with E-state index in [1.54, 1.807) is 0 Å². The largest absolute Gasteiger partial charge is 0.472 e. The first kappa shape index (κ1) is 98.9. The number of phosphoric acid groups is 2. The Hall–Kier alpha value is -5.06. The van der Waals surface area contributed by atoms with Gasteiger partial charge in [-0.05, 0) is 128 Å². The van der Waals surface area contributed by atoms with E-state index in [0.29, 0.717) is 32.1 Å². The zero-order valence-electron chi connectivity index (χ0n) is 64.9. The van der Waals surface area contributed by atoms with Crippen LogP contribution in [-0.2, 0) is 65.4 Å². The van der Waals surface area contributed by atoms with Gasteiger partial charge in [-0.3, -0.25) is 37.3 Å². The van der Waals surface area contributed by atoms with Gasteiger partial charge in [0.1, 0.15) is 19.3 Å². The second-order valence-electron chi connectivity index (χ2n) is 26.2. The number of unbranched alkanes of at least 4 members (excludes halogenated alkanes) is 24. The van der Waals surface area contributed by atoms with Gasteiger partial charge in [0.15, 0.2) is 12.2 Å². The zero-order valence-corrected chi connectivity index (χ0v) is 66.7. The van der Waals surface area contributed by atoms with E-state index in [0.717, 1.165) is 148 Å². The molecule has 0 bridgehead atoms. The Morgan fingerprint density at radius 1 is 0.279 bits per heavy atom. The summed E-state index contributed by atoms with van der Waals surface area (Å²) in [6.07, 6.45) is 87.1. The third-order valence-corrected chi connectivity index (χ3v) is 18.2. The summed E-state index contributed by atoms with van der Waals surface area (Å²) in [7, 11) is -9.99. The number of aliphatic hydroxyl groups excluding tert-OH is 1. The fourth-order valence-electron chi connectivity index (χ4n) is 10.3. The molecule has 0 aromatic heterocycles. The summed E-state index contributed by atoms with van der Waals surface area (Å²) >= 11 is 0. The third-order valence-electron chi connectivity index (χ3n) is 16.3. The number of carbonyl (C=O) groups excluding carboxylic acids is 4. The van der Waals surface area contributed by atoms with Crippen molar-refractivity contribution in [1.29, 1.82) is 0 Å². The van der Waals surface area contributed by atoms with E-state index in [4.69, 9.17) is 37.0 Å². The lowest BCUT2D eigenvalue weighted by atomic mass is 10.0. The van der Waals surface area contributed by atoms with E-state index < -0.39 is 97.5 Å². The molecule has 3 N–H and O–H groups in total. The molecule has 0 aliphatic carbocycles. The van der Waals surface area contributed by atoms with E-state index in [1.807, 2.05) is 18.2 Å². The second kappa shape index (κ2) is 76.1. The van der Waals surface area contributed by atoms with Crippen molar-refractivity contribution in [3.05, 3.63) is 146 Å². The van der Waals surface area contributed by atoms with Gasteiger partial charge < -0.3 is 33.8 Å². The molecule has 0 spiro atoms. The van der Waals surface area contributed by atoms with Crippen LogP contribution in [0.25, 0.3) is 0 Å². The first-order valence-corrected chi connectivity index (χ1v) is 43.1. The molecule has 0 amide bonds. The monoisotopic (exact) mass is 1500 g/mol. The molecule has 0 saturated carbocycles. The highest BCUT2D eigenvalue weighted by Gasteiger charge is 2.30. The van der Waals surface area contributed by atoms with E-state index in [9.17, 15) is 43.2 Å². The topological polar surface area (TPSA) is 237 Å². The number of hydrogen-bond donors (Lipinski definition) is 3. The minimum atomic E-state index is -5.00. The summed E-state index contributed by atoms with van der Waals surface area (Å²) in [5.41, 5.74) is 0. The van der Waals surface area contributed by atoms with Gasteiger partial charge in [0, 0.05) is 25.7 Å². The van der Waals surface area contributed by atoms with Crippen molar-refractivity contribution in [3.63, 3.8) is 0 Å². The predicted molar refractivity (Wildman–Crippen MR) is 427 cm³/mol. The van der Waals surface area contributed by atoms with Crippen molar-refractivity contribution < 1.29 is 80.2 Å². The van der Waals surface area contributed by atoms with Gasteiger partial charge in [0.2, 0.25) is 0 Å². The fourth-order valence-corrected chi connectivity index (χ4v) is 11.8. The van der Waals surface area contributed by atoms with Gasteiger partial charge in [-0.25, -0.2) is 9.13 Å². The van der Waals surface area contributed by atoms with Gasteiger partial charge in [-0.2, -0.15) is 0 Å². The molecule has 0 aliphatic rings. The van der Waals surface area contributed by atoms with Crippen LogP contribution in [0.5, 0.6) is 0 Å². The quantitative estimate of drug-likeness (QED) is 0.0169. The molecule has 0 aromatic carbocycles. The molecule has 104 heavy (non-hydrogen) atoms. The lowest BCUT2D eigenvalue weighted by molar-refractivity contribution is -0.161. The molecule has 0 aliphatic heterocycles. The van der Waals surface area contributed by atoms with Gasteiger partial charge in [-0.15, -0.1) is 0 Å². The number of hydrogen-bond acceptors (Lipinski definition) is 15. The maximum atomic E-state index is 13.1. The summed E-state index contributed by atoms with van der Waals surface area (Å²) in [5, 5.41) is 10.6. The number of carbonyl (C=O) groups is 4. The smallest absolute Gasteiger partial charge is 0.462 e. The van der Waals surface area contributed by atoms with Crippen molar-refractivity contribution in [3.8, 4) is 0 Å². The molecule has 19 heteroatoms.